The second-order valence-corrected chi connectivity index (χ2v) is 9.06. The molecule has 0 atom stereocenters. The number of benzene rings is 3. The number of hydrazone groups is 1. The first kappa shape index (κ1) is 22.4. The van der Waals surface area contributed by atoms with Gasteiger partial charge >= 0.3 is 0 Å². The number of halogens is 1. The highest BCUT2D eigenvalue weighted by Gasteiger charge is 2.26. The fraction of sp³-hybridized carbons (Fsp3) is 0.130. The van der Waals surface area contributed by atoms with Crippen molar-refractivity contribution in [2.24, 2.45) is 5.10 Å². The van der Waals surface area contributed by atoms with Crippen molar-refractivity contribution in [3.63, 3.8) is 0 Å². The van der Waals surface area contributed by atoms with E-state index in [4.69, 9.17) is 9.47 Å². The molecule has 0 saturated carbocycles. The monoisotopic (exact) mass is 469 g/mol. The first-order valence-corrected chi connectivity index (χ1v) is 11.4. The minimum Gasteiger partial charge on any atom is -0.454 e. The summed E-state index contributed by atoms with van der Waals surface area (Å²) in [5.74, 6) is 0.129. The van der Waals surface area contributed by atoms with Crippen molar-refractivity contribution in [2.75, 3.05) is 13.3 Å². The van der Waals surface area contributed by atoms with Crippen LogP contribution < -0.4 is 14.9 Å². The van der Waals surface area contributed by atoms with Gasteiger partial charge in [-0.3, -0.25) is 4.79 Å². The Hall–Kier alpha value is -3.76. The van der Waals surface area contributed by atoms with Crippen LogP contribution in [-0.4, -0.2) is 38.2 Å². The molecule has 3 aromatic carbocycles. The summed E-state index contributed by atoms with van der Waals surface area (Å²) in [6.07, 6.45) is 1.41. The minimum absolute atomic E-state index is 0.0452. The maximum Gasteiger partial charge on any atom is 0.255 e. The number of nitrogens with zero attached hydrogens (tertiary/aromatic N) is 2. The van der Waals surface area contributed by atoms with Crippen LogP contribution in [0.5, 0.6) is 11.5 Å². The first-order chi connectivity index (χ1) is 15.9. The van der Waals surface area contributed by atoms with Crippen LogP contribution in [0.3, 0.4) is 0 Å². The maximum atomic E-state index is 13.3. The summed E-state index contributed by atoms with van der Waals surface area (Å²) in [5.41, 5.74) is 3.54. The second-order valence-electron chi connectivity index (χ2n) is 7.12. The SMILES string of the molecule is O=C(CN(Cc1ccc(F)cc1)S(=O)(=O)c1ccccc1)N/N=C\c1ccc2c(c1)OCO2. The van der Waals surface area contributed by atoms with Gasteiger partial charge in [0, 0.05) is 6.54 Å². The average molecular weight is 469 g/mol. The van der Waals surface area contributed by atoms with Gasteiger partial charge in [-0.25, -0.2) is 18.2 Å². The molecule has 1 amide bonds. The molecular formula is C23H20FN3O5S. The van der Waals surface area contributed by atoms with Crippen LogP contribution in [0.2, 0.25) is 0 Å². The Labute approximate surface area is 190 Å². The predicted molar refractivity (Wildman–Crippen MR) is 119 cm³/mol. The fourth-order valence-electron chi connectivity index (χ4n) is 3.13. The van der Waals surface area contributed by atoms with Gasteiger partial charge in [0.05, 0.1) is 17.7 Å². The summed E-state index contributed by atoms with van der Waals surface area (Å²) in [5, 5.41) is 3.90. The number of hydrogen-bond acceptors (Lipinski definition) is 6. The van der Waals surface area contributed by atoms with Crippen LogP contribution in [0.4, 0.5) is 4.39 Å². The van der Waals surface area contributed by atoms with Crippen LogP contribution in [0, 0.1) is 5.82 Å². The summed E-state index contributed by atoms with van der Waals surface area (Å²) in [4.78, 5) is 12.6. The van der Waals surface area contributed by atoms with Crippen molar-refractivity contribution in [1.82, 2.24) is 9.73 Å². The highest BCUT2D eigenvalue weighted by atomic mass is 32.2. The van der Waals surface area contributed by atoms with E-state index in [9.17, 15) is 17.6 Å². The molecule has 1 aliphatic heterocycles. The standard InChI is InChI=1S/C23H20FN3O5S/c24-19-9-6-17(7-10-19)14-27(33(29,30)20-4-2-1-3-5-20)15-23(28)26-25-13-18-8-11-21-22(12-18)32-16-31-21/h1-13H,14-16H2,(H,26,28)/b25-13-. The zero-order chi connectivity index (χ0) is 23.3. The molecule has 0 fully saturated rings. The summed E-state index contributed by atoms with van der Waals surface area (Å²) in [6.45, 7) is -0.448. The van der Waals surface area contributed by atoms with Gasteiger partial charge in [-0.1, -0.05) is 30.3 Å². The summed E-state index contributed by atoms with van der Waals surface area (Å²) < 4.78 is 51.1. The number of fused-ring (bicyclic) bond motifs is 1. The van der Waals surface area contributed by atoms with Gasteiger partial charge < -0.3 is 9.47 Å². The summed E-state index contributed by atoms with van der Waals surface area (Å²) >= 11 is 0. The molecule has 1 N–H and O–H groups in total. The lowest BCUT2D eigenvalue weighted by molar-refractivity contribution is -0.121. The molecular weight excluding hydrogens is 449 g/mol. The van der Waals surface area contributed by atoms with Crippen molar-refractivity contribution >= 4 is 22.1 Å². The molecule has 0 spiro atoms. The van der Waals surface area contributed by atoms with Crippen molar-refractivity contribution in [1.29, 1.82) is 0 Å². The Morgan fingerprint density at radius 2 is 1.76 bits per heavy atom. The van der Waals surface area contributed by atoms with Gasteiger partial charge in [0.15, 0.2) is 11.5 Å². The quantitative estimate of drug-likeness (QED) is 0.404. The Morgan fingerprint density at radius 1 is 1.03 bits per heavy atom. The number of nitrogens with one attached hydrogen (secondary N) is 1. The largest absolute Gasteiger partial charge is 0.454 e. The van der Waals surface area contributed by atoms with Crippen LogP contribution in [0.1, 0.15) is 11.1 Å². The van der Waals surface area contributed by atoms with Gasteiger partial charge in [-0.15, -0.1) is 0 Å². The molecule has 0 radical (unpaired) electrons. The molecule has 10 heteroatoms. The second kappa shape index (κ2) is 9.80. The number of carbonyl (C=O) groups is 1. The molecule has 0 bridgehead atoms. The fourth-order valence-corrected chi connectivity index (χ4v) is 4.53. The van der Waals surface area contributed by atoms with Crippen LogP contribution >= 0.6 is 0 Å². The van der Waals surface area contributed by atoms with Crippen molar-refractivity contribution < 1.29 is 27.1 Å². The summed E-state index contributed by atoms with van der Waals surface area (Å²) in [6, 6.07) is 18.4. The van der Waals surface area contributed by atoms with E-state index < -0.39 is 28.3 Å². The van der Waals surface area contributed by atoms with Crippen LogP contribution in [0.15, 0.2) is 82.8 Å². The number of hydrogen-bond donors (Lipinski definition) is 1. The van der Waals surface area contributed by atoms with Gasteiger partial charge in [-0.2, -0.15) is 9.41 Å². The van der Waals surface area contributed by atoms with Crippen molar-refractivity contribution in [3.05, 3.63) is 89.7 Å². The molecule has 0 saturated heterocycles. The van der Waals surface area contributed by atoms with Gasteiger partial charge in [0.25, 0.3) is 5.91 Å². The molecule has 1 aliphatic rings. The average Bonchev–Trinajstić information content (AvgIpc) is 3.28. The maximum absolute atomic E-state index is 13.3. The third kappa shape index (κ3) is 5.54. The number of sulfonamides is 1. The number of ether oxygens (including phenoxy) is 2. The van der Waals surface area contributed by atoms with E-state index in [1.54, 1.807) is 36.4 Å². The Balaban J connectivity index is 1.48. The minimum atomic E-state index is -3.99. The van der Waals surface area contributed by atoms with E-state index in [1.807, 2.05) is 0 Å². The van der Waals surface area contributed by atoms with E-state index in [-0.39, 0.29) is 18.2 Å². The Morgan fingerprint density at radius 3 is 2.52 bits per heavy atom. The normalized spacial score (nSPS) is 12.9. The van der Waals surface area contributed by atoms with E-state index in [1.165, 1.54) is 42.6 Å². The third-order valence-electron chi connectivity index (χ3n) is 4.77. The molecule has 4 rings (SSSR count). The molecule has 33 heavy (non-hydrogen) atoms. The first-order valence-electron chi connectivity index (χ1n) is 9.93. The lowest BCUT2D eigenvalue weighted by Crippen LogP contribution is -2.39. The van der Waals surface area contributed by atoms with E-state index in [0.29, 0.717) is 22.6 Å². The number of rotatable bonds is 8. The topological polar surface area (TPSA) is 97.3 Å². The van der Waals surface area contributed by atoms with Crippen molar-refractivity contribution in [2.45, 2.75) is 11.4 Å². The number of carbonyl (C=O) groups excluding carboxylic acids is 1. The molecule has 170 valence electrons. The van der Waals surface area contributed by atoms with E-state index in [0.717, 1.165) is 4.31 Å². The smallest absolute Gasteiger partial charge is 0.255 e. The molecule has 0 aliphatic carbocycles. The van der Waals surface area contributed by atoms with Crippen LogP contribution in [-0.2, 0) is 21.4 Å². The Bertz CT molecular complexity index is 1270. The molecule has 3 aromatic rings. The van der Waals surface area contributed by atoms with Crippen LogP contribution in [0.25, 0.3) is 0 Å². The number of amides is 1. The molecule has 0 unspecified atom stereocenters. The lowest BCUT2D eigenvalue weighted by atomic mass is 10.2. The highest BCUT2D eigenvalue weighted by Crippen LogP contribution is 2.31. The Kier molecular flexibility index (Phi) is 6.66. The molecule has 1 heterocycles. The zero-order valence-corrected chi connectivity index (χ0v) is 18.2. The molecule has 0 aromatic heterocycles. The van der Waals surface area contributed by atoms with E-state index >= 15 is 0 Å². The van der Waals surface area contributed by atoms with Gasteiger partial charge in [0.1, 0.15) is 5.82 Å². The predicted octanol–water partition coefficient (Wildman–Crippen LogP) is 2.90. The highest BCUT2D eigenvalue weighted by molar-refractivity contribution is 7.89. The summed E-state index contributed by atoms with van der Waals surface area (Å²) in [7, 11) is -3.99. The molecule has 8 nitrogen and oxygen atoms in total. The van der Waals surface area contributed by atoms with Gasteiger partial charge in [-0.05, 0) is 53.6 Å². The third-order valence-corrected chi connectivity index (χ3v) is 6.58. The van der Waals surface area contributed by atoms with Crippen molar-refractivity contribution in [3.8, 4) is 11.5 Å². The van der Waals surface area contributed by atoms with Gasteiger partial charge in [0.2, 0.25) is 16.8 Å². The lowest BCUT2D eigenvalue weighted by Gasteiger charge is -2.21. The van der Waals surface area contributed by atoms with E-state index in [2.05, 4.69) is 10.5 Å². The zero-order valence-electron chi connectivity index (χ0n) is 17.3.